The average molecular weight is 481 g/mol. The van der Waals surface area contributed by atoms with Gasteiger partial charge in [0.15, 0.2) is 0 Å². The van der Waals surface area contributed by atoms with Crippen molar-refractivity contribution in [3.05, 3.63) is 77.9 Å². The minimum absolute atomic E-state index is 0.120. The highest BCUT2D eigenvalue weighted by Crippen LogP contribution is 2.38. The number of amides is 1. The van der Waals surface area contributed by atoms with E-state index in [2.05, 4.69) is 59.6 Å². The molecule has 3 aromatic carbocycles. The lowest BCUT2D eigenvalue weighted by atomic mass is 9.80. The Morgan fingerprint density at radius 1 is 1.03 bits per heavy atom. The number of anilines is 1. The topological polar surface area (TPSA) is 86.7 Å². The minimum Gasteiger partial charge on any atom is -0.368 e. The van der Waals surface area contributed by atoms with Crippen molar-refractivity contribution in [1.82, 2.24) is 5.32 Å². The molecule has 0 aromatic heterocycles. The van der Waals surface area contributed by atoms with Crippen molar-refractivity contribution < 1.29 is 17.8 Å². The van der Waals surface area contributed by atoms with E-state index in [0.717, 1.165) is 25.8 Å². The molecule has 4 rings (SSSR count). The zero-order valence-electron chi connectivity index (χ0n) is 19.5. The molecule has 1 aliphatic rings. The summed E-state index contributed by atoms with van der Waals surface area (Å²) >= 11 is 0. The smallest absolute Gasteiger partial charge is 0.266 e. The van der Waals surface area contributed by atoms with Gasteiger partial charge in [-0.05, 0) is 61.3 Å². The van der Waals surface area contributed by atoms with Crippen LogP contribution < -0.4 is 10.2 Å². The normalized spacial score (nSPS) is 18.5. The van der Waals surface area contributed by atoms with Crippen LogP contribution in [-0.4, -0.2) is 43.8 Å². The first-order valence-corrected chi connectivity index (χ1v) is 13.5. The van der Waals surface area contributed by atoms with Gasteiger partial charge in [-0.2, -0.15) is 8.42 Å². The Labute approximate surface area is 201 Å². The predicted molar refractivity (Wildman–Crippen MR) is 137 cm³/mol. The van der Waals surface area contributed by atoms with Gasteiger partial charge in [0.05, 0.1) is 5.75 Å². The molecule has 0 heterocycles. The van der Waals surface area contributed by atoms with E-state index >= 15 is 0 Å². The molecule has 0 saturated heterocycles. The number of benzene rings is 3. The maximum absolute atomic E-state index is 12.3. The van der Waals surface area contributed by atoms with E-state index in [1.807, 2.05) is 12.1 Å². The summed E-state index contributed by atoms with van der Waals surface area (Å²) in [6.07, 6.45) is 4.52. The van der Waals surface area contributed by atoms with Gasteiger partial charge in [-0.3, -0.25) is 9.35 Å². The quantitative estimate of drug-likeness (QED) is 0.443. The molecule has 2 unspecified atom stereocenters. The van der Waals surface area contributed by atoms with E-state index in [-0.39, 0.29) is 12.5 Å². The van der Waals surface area contributed by atoms with Crippen LogP contribution in [-0.2, 0) is 10.1 Å². The fourth-order valence-corrected chi connectivity index (χ4v) is 5.50. The summed E-state index contributed by atoms with van der Waals surface area (Å²) in [5.41, 5.74) is 3.01. The van der Waals surface area contributed by atoms with Gasteiger partial charge >= 0.3 is 0 Å². The first-order valence-electron chi connectivity index (χ1n) is 11.9. The molecule has 2 N–H and O–H groups in total. The van der Waals surface area contributed by atoms with E-state index in [1.54, 1.807) is 12.1 Å². The Hall–Kier alpha value is -2.90. The fraction of sp³-hybridized carbons (Fsp3) is 0.370. The lowest BCUT2D eigenvalue weighted by Gasteiger charge is -2.39. The number of hydrogen-bond acceptors (Lipinski definition) is 4. The zero-order chi connectivity index (χ0) is 24.1. The largest absolute Gasteiger partial charge is 0.368 e. The van der Waals surface area contributed by atoms with Crippen LogP contribution in [0.1, 0.15) is 54.4 Å². The lowest BCUT2D eigenvalue weighted by molar-refractivity contribution is 0.0956. The third kappa shape index (κ3) is 5.77. The van der Waals surface area contributed by atoms with Crippen LogP contribution in [0.3, 0.4) is 0 Å². The number of fused-ring (bicyclic) bond motifs is 1. The Morgan fingerprint density at radius 3 is 2.50 bits per heavy atom. The van der Waals surface area contributed by atoms with Crippen LogP contribution in [0.4, 0.5) is 5.69 Å². The molecule has 180 valence electrons. The van der Waals surface area contributed by atoms with Gasteiger partial charge in [-0.1, -0.05) is 55.0 Å². The minimum atomic E-state index is -4.09. The molecular weight excluding hydrogens is 448 g/mol. The molecular formula is C27H32N2O4S. The molecule has 1 aliphatic carbocycles. The summed E-state index contributed by atoms with van der Waals surface area (Å²) in [5.74, 6) is -0.408. The molecule has 2 atom stereocenters. The van der Waals surface area contributed by atoms with E-state index in [4.69, 9.17) is 4.55 Å². The van der Waals surface area contributed by atoms with E-state index in [0.29, 0.717) is 17.5 Å². The van der Waals surface area contributed by atoms with Gasteiger partial charge < -0.3 is 10.2 Å². The average Bonchev–Trinajstić information content (AvgIpc) is 2.84. The summed E-state index contributed by atoms with van der Waals surface area (Å²) in [6, 6.07) is 23.2. The summed E-state index contributed by atoms with van der Waals surface area (Å²) in [4.78, 5) is 14.8. The number of nitrogens with zero attached hydrogens (tertiary/aromatic N) is 1. The van der Waals surface area contributed by atoms with Crippen LogP contribution in [0.5, 0.6) is 0 Å². The second kappa shape index (κ2) is 10.6. The maximum atomic E-state index is 12.3. The van der Waals surface area contributed by atoms with Gasteiger partial charge in [0, 0.05) is 35.8 Å². The second-order valence-corrected chi connectivity index (χ2v) is 10.5. The van der Waals surface area contributed by atoms with Crippen molar-refractivity contribution in [2.75, 3.05) is 23.7 Å². The van der Waals surface area contributed by atoms with Crippen LogP contribution >= 0.6 is 0 Å². The van der Waals surface area contributed by atoms with Crippen molar-refractivity contribution >= 4 is 32.5 Å². The first kappa shape index (κ1) is 24.2. The summed E-state index contributed by atoms with van der Waals surface area (Å²) in [7, 11) is -4.09. The van der Waals surface area contributed by atoms with E-state index < -0.39 is 15.9 Å². The number of hydrogen-bond donors (Lipinski definition) is 2. The molecule has 7 heteroatoms. The summed E-state index contributed by atoms with van der Waals surface area (Å²) in [6.45, 7) is 3.06. The van der Waals surface area contributed by atoms with Gasteiger partial charge in [0.2, 0.25) is 0 Å². The Balaban J connectivity index is 1.45. The molecule has 34 heavy (non-hydrogen) atoms. The van der Waals surface area contributed by atoms with Crippen molar-refractivity contribution in [2.24, 2.45) is 0 Å². The van der Waals surface area contributed by atoms with Crippen molar-refractivity contribution in [1.29, 1.82) is 0 Å². The summed E-state index contributed by atoms with van der Waals surface area (Å²) in [5, 5.41) is 5.08. The molecule has 0 spiro atoms. The molecule has 1 saturated carbocycles. The van der Waals surface area contributed by atoms with Gasteiger partial charge in [-0.15, -0.1) is 0 Å². The van der Waals surface area contributed by atoms with Crippen molar-refractivity contribution in [3.8, 4) is 0 Å². The van der Waals surface area contributed by atoms with E-state index in [1.165, 1.54) is 28.4 Å². The number of carbonyl (C=O) groups is 1. The molecule has 1 fully saturated rings. The van der Waals surface area contributed by atoms with Crippen molar-refractivity contribution in [3.63, 3.8) is 0 Å². The lowest BCUT2D eigenvalue weighted by Crippen LogP contribution is -2.38. The van der Waals surface area contributed by atoms with Gasteiger partial charge in [-0.25, -0.2) is 0 Å². The Morgan fingerprint density at radius 2 is 1.76 bits per heavy atom. The highest BCUT2D eigenvalue weighted by molar-refractivity contribution is 7.85. The zero-order valence-corrected chi connectivity index (χ0v) is 20.3. The molecule has 6 nitrogen and oxygen atoms in total. The van der Waals surface area contributed by atoms with Crippen LogP contribution in [0.25, 0.3) is 10.8 Å². The molecule has 1 amide bonds. The predicted octanol–water partition coefficient (Wildman–Crippen LogP) is 5.01. The second-order valence-electron chi connectivity index (χ2n) is 8.97. The van der Waals surface area contributed by atoms with Crippen LogP contribution in [0, 0.1) is 0 Å². The standard InChI is InChI=1S/C27H32N2O4S/c1-2-29(26-12-6-8-21-7-3-4-11-25(21)26)24-10-5-9-23(19-24)20-13-15-22(16-14-20)27(30)28-17-18-34(31,32)33/h3-4,6-8,11-16,23-24H,2,5,9-10,17-19H2,1H3,(H,28,30)(H,31,32,33). The molecule has 3 aromatic rings. The highest BCUT2D eigenvalue weighted by Gasteiger charge is 2.28. The number of rotatable bonds is 8. The third-order valence-electron chi connectivity index (χ3n) is 6.79. The highest BCUT2D eigenvalue weighted by atomic mass is 32.2. The van der Waals surface area contributed by atoms with Crippen molar-refractivity contribution in [2.45, 2.75) is 44.6 Å². The summed E-state index contributed by atoms with van der Waals surface area (Å²) < 4.78 is 30.4. The van der Waals surface area contributed by atoms with Gasteiger partial charge in [0.1, 0.15) is 0 Å². The van der Waals surface area contributed by atoms with E-state index in [9.17, 15) is 13.2 Å². The Kier molecular flexibility index (Phi) is 7.54. The first-order chi connectivity index (χ1) is 16.4. The van der Waals surface area contributed by atoms with Crippen LogP contribution in [0.15, 0.2) is 66.7 Å². The third-order valence-corrected chi connectivity index (χ3v) is 7.51. The molecule has 0 radical (unpaired) electrons. The number of carbonyl (C=O) groups excluding carboxylic acids is 1. The Bertz CT molecular complexity index is 1240. The monoisotopic (exact) mass is 480 g/mol. The molecule has 0 aliphatic heterocycles. The van der Waals surface area contributed by atoms with Gasteiger partial charge in [0.25, 0.3) is 16.0 Å². The molecule has 0 bridgehead atoms. The SMILES string of the molecule is CCN(c1cccc2ccccc12)C1CCCC(c2ccc(C(=O)NCCS(=O)(=O)O)cc2)C1. The number of nitrogens with one attached hydrogen (secondary N) is 1. The van der Waals surface area contributed by atoms with Crippen LogP contribution in [0.2, 0.25) is 0 Å². The fourth-order valence-electron chi connectivity index (χ4n) is 5.14. The maximum Gasteiger partial charge on any atom is 0.266 e.